The summed E-state index contributed by atoms with van der Waals surface area (Å²) in [6.45, 7) is 3.06. The van der Waals surface area contributed by atoms with E-state index in [1.165, 1.54) is 4.68 Å². The molecule has 1 N–H and O–H groups in total. The third-order valence-electron chi connectivity index (χ3n) is 4.21. The van der Waals surface area contributed by atoms with Crippen LogP contribution in [0.2, 0.25) is 0 Å². The maximum atomic E-state index is 12.9. The fourth-order valence-corrected chi connectivity index (χ4v) is 3.11. The van der Waals surface area contributed by atoms with E-state index in [-0.39, 0.29) is 31.3 Å². The summed E-state index contributed by atoms with van der Waals surface area (Å²) in [5.74, 6) is -0.135. The molecular weight excluding hydrogens is 415 g/mol. The number of carbonyl (C=O) groups excluding carboxylic acids is 1. The third kappa shape index (κ3) is 4.46. The maximum Gasteiger partial charge on any atom is 0.435 e. The molecule has 10 heteroatoms. The second kappa shape index (κ2) is 7.42. The Morgan fingerprint density at radius 3 is 2.69 bits per heavy atom. The van der Waals surface area contributed by atoms with Crippen molar-refractivity contribution in [3.63, 3.8) is 0 Å². The number of nitrogens with zero attached hydrogens (tertiary/aromatic N) is 4. The highest BCUT2D eigenvalue weighted by Crippen LogP contribution is 2.42. The van der Waals surface area contributed by atoms with Crippen LogP contribution in [0.1, 0.15) is 49.2 Å². The van der Waals surface area contributed by atoms with Crippen molar-refractivity contribution in [3.05, 3.63) is 33.8 Å². The van der Waals surface area contributed by atoms with E-state index in [1.807, 2.05) is 13.1 Å². The van der Waals surface area contributed by atoms with Gasteiger partial charge in [-0.2, -0.15) is 23.4 Å². The first kappa shape index (κ1) is 18.9. The number of carbonyl (C=O) groups is 1. The lowest BCUT2D eigenvalue weighted by Gasteiger charge is -2.07. The van der Waals surface area contributed by atoms with Gasteiger partial charge in [-0.1, -0.05) is 0 Å². The Morgan fingerprint density at radius 2 is 2.12 bits per heavy atom. The zero-order chi connectivity index (χ0) is 18.9. The van der Waals surface area contributed by atoms with E-state index >= 15 is 0 Å². The van der Waals surface area contributed by atoms with Gasteiger partial charge in [-0.15, -0.1) is 0 Å². The van der Waals surface area contributed by atoms with E-state index in [9.17, 15) is 18.0 Å². The SMILES string of the molecule is CCn1cc(Br)c(CNC(=O)CCn2nc(C(F)(F)F)cc2C2CC2)n1. The van der Waals surface area contributed by atoms with Gasteiger partial charge in [0.05, 0.1) is 16.7 Å². The Bertz CT molecular complexity index is 794. The summed E-state index contributed by atoms with van der Waals surface area (Å²) >= 11 is 3.38. The molecule has 1 aliphatic rings. The largest absolute Gasteiger partial charge is 0.435 e. The second-order valence-corrected chi connectivity index (χ2v) is 7.11. The molecule has 26 heavy (non-hydrogen) atoms. The molecule has 1 amide bonds. The molecule has 1 fully saturated rings. The summed E-state index contributed by atoms with van der Waals surface area (Å²) < 4.78 is 42.5. The van der Waals surface area contributed by atoms with E-state index < -0.39 is 11.9 Å². The van der Waals surface area contributed by atoms with Gasteiger partial charge in [-0.05, 0) is 41.8 Å². The number of halogens is 4. The molecule has 1 saturated carbocycles. The lowest BCUT2D eigenvalue weighted by atomic mass is 10.2. The standard InChI is InChI=1S/C16H19BrF3N5O/c1-2-24-9-11(17)12(22-24)8-21-15(26)5-6-25-13(10-3-4-10)7-14(23-25)16(18,19)20/h7,9-10H,2-6,8H2,1H3,(H,21,26). The van der Waals surface area contributed by atoms with Crippen LogP contribution in [0.5, 0.6) is 0 Å². The van der Waals surface area contributed by atoms with Crippen LogP contribution in [-0.2, 0) is 30.6 Å². The van der Waals surface area contributed by atoms with Gasteiger partial charge in [0.2, 0.25) is 5.91 Å². The highest BCUT2D eigenvalue weighted by Gasteiger charge is 2.37. The Morgan fingerprint density at radius 1 is 1.38 bits per heavy atom. The number of rotatable bonds is 7. The van der Waals surface area contributed by atoms with Crippen molar-refractivity contribution >= 4 is 21.8 Å². The number of amides is 1. The molecule has 3 rings (SSSR count). The zero-order valence-electron chi connectivity index (χ0n) is 14.2. The molecule has 6 nitrogen and oxygen atoms in total. The fraction of sp³-hybridized carbons (Fsp3) is 0.562. The van der Waals surface area contributed by atoms with Crippen LogP contribution in [0, 0.1) is 0 Å². The summed E-state index contributed by atoms with van der Waals surface area (Å²) in [6.07, 6.45) is -0.856. The second-order valence-electron chi connectivity index (χ2n) is 6.26. The highest BCUT2D eigenvalue weighted by atomic mass is 79.9. The van der Waals surface area contributed by atoms with E-state index in [0.717, 1.165) is 29.9 Å². The molecule has 0 bridgehead atoms. The zero-order valence-corrected chi connectivity index (χ0v) is 15.8. The van der Waals surface area contributed by atoms with Crippen LogP contribution < -0.4 is 5.32 Å². The Labute approximate surface area is 156 Å². The van der Waals surface area contributed by atoms with Gasteiger partial charge in [-0.3, -0.25) is 14.2 Å². The fourth-order valence-electron chi connectivity index (χ4n) is 2.65. The summed E-state index contributed by atoms with van der Waals surface area (Å²) in [4.78, 5) is 12.1. The average Bonchev–Trinajstić information content (AvgIpc) is 3.22. The smallest absolute Gasteiger partial charge is 0.350 e. The first-order chi connectivity index (χ1) is 12.3. The monoisotopic (exact) mass is 433 g/mol. The van der Waals surface area contributed by atoms with Crippen molar-refractivity contribution in [2.45, 2.75) is 57.9 Å². The molecule has 0 saturated heterocycles. The van der Waals surface area contributed by atoms with Crippen LogP contribution in [0.25, 0.3) is 0 Å². The van der Waals surface area contributed by atoms with Crippen molar-refractivity contribution < 1.29 is 18.0 Å². The normalized spacial score (nSPS) is 14.7. The predicted molar refractivity (Wildman–Crippen MR) is 91.3 cm³/mol. The van der Waals surface area contributed by atoms with Gasteiger partial charge < -0.3 is 5.32 Å². The molecule has 0 spiro atoms. The molecule has 2 heterocycles. The van der Waals surface area contributed by atoms with Crippen LogP contribution in [0.3, 0.4) is 0 Å². The van der Waals surface area contributed by atoms with Crippen LogP contribution in [0.4, 0.5) is 13.2 Å². The molecule has 0 atom stereocenters. The van der Waals surface area contributed by atoms with Gasteiger partial charge >= 0.3 is 6.18 Å². The molecule has 0 aromatic carbocycles. The van der Waals surface area contributed by atoms with Gasteiger partial charge in [0, 0.05) is 37.3 Å². The van der Waals surface area contributed by atoms with Crippen molar-refractivity contribution in [1.82, 2.24) is 24.9 Å². The average molecular weight is 434 g/mol. The number of alkyl halides is 3. The minimum Gasteiger partial charge on any atom is -0.350 e. The molecule has 0 radical (unpaired) electrons. The summed E-state index contributed by atoms with van der Waals surface area (Å²) in [6, 6.07) is 1.10. The summed E-state index contributed by atoms with van der Waals surface area (Å²) in [5.41, 5.74) is 0.376. The van der Waals surface area contributed by atoms with E-state index in [0.29, 0.717) is 11.4 Å². The van der Waals surface area contributed by atoms with E-state index in [2.05, 4.69) is 31.4 Å². The molecule has 1 aliphatic carbocycles. The number of aromatic nitrogens is 4. The minimum absolute atomic E-state index is 0.0603. The van der Waals surface area contributed by atoms with E-state index in [4.69, 9.17) is 0 Å². The van der Waals surface area contributed by atoms with Crippen LogP contribution in [0.15, 0.2) is 16.7 Å². The van der Waals surface area contributed by atoms with Gasteiger partial charge in [0.15, 0.2) is 5.69 Å². The lowest BCUT2D eigenvalue weighted by molar-refractivity contribution is -0.141. The molecule has 2 aromatic rings. The maximum absolute atomic E-state index is 12.9. The van der Waals surface area contributed by atoms with Crippen molar-refractivity contribution in [2.75, 3.05) is 0 Å². The highest BCUT2D eigenvalue weighted by molar-refractivity contribution is 9.10. The predicted octanol–water partition coefficient (Wildman–Crippen LogP) is 3.46. The topological polar surface area (TPSA) is 64.7 Å². The number of hydrogen-bond donors (Lipinski definition) is 1. The van der Waals surface area contributed by atoms with Gasteiger partial charge in [-0.25, -0.2) is 0 Å². The first-order valence-electron chi connectivity index (χ1n) is 8.41. The molecule has 0 aliphatic heterocycles. The molecule has 0 unspecified atom stereocenters. The third-order valence-corrected chi connectivity index (χ3v) is 4.87. The van der Waals surface area contributed by atoms with Gasteiger partial charge in [0.25, 0.3) is 0 Å². The molecule has 142 valence electrons. The quantitative estimate of drug-likeness (QED) is 0.726. The Kier molecular flexibility index (Phi) is 5.40. The number of aryl methyl sites for hydroxylation is 2. The Hall–Kier alpha value is -1.84. The van der Waals surface area contributed by atoms with Gasteiger partial charge in [0.1, 0.15) is 0 Å². The van der Waals surface area contributed by atoms with Crippen molar-refractivity contribution in [1.29, 1.82) is 0 Å². The summed E-state index contributed by atoms with van der Waals surface area (Å²) in [7, 11) is 0. The number of hydrogen-bond acceptors (Lipinski definition) is 3. The first-order valence-corrected chi connectivity index (χ1v) is 9.20. The summed E-state index contributed by atoms with van der Waals surface area (Å²) in [5, 5.41) is 10.7. The molecule has 2 aromatic heterocycles. The number of nitrogens with one attached hydrogen (secondary N) is 1. The molecular formula is C16H19BrF3N5O. The van der Waals surface area contributed by atoms with Crippen LogP contribution in [-0.4, -0.2) is 25.5 Å². The lowest BCUT2D eigenvalue weighted by Crippen LogP contribution is -2.25. The van der Waals surface area contributed by atoms with Crippen molar-refractivity contribution in [2.24, 2.45) is 0 Å². The van der Waals surface area contributed by atoms with E-state index in [1.54, 1.807) is 4.68 Å². The Balaban J connectivity index is 1.57. The minimum atomic E-state index is -4.47. The van der Waals surface area contributed by atoms with Crippen LogP contribution >= 0.6 is 15.9 Å². The van der Waals surface area contributed by atoms with Crippen molar-refractivity contribution in [3.8, 4) is 0 Å².